The van der Waals surface area contributed by atoms with E-state index >= 15 is 0 Å². The molecule has 37 heavy (non-hydrogen) atoms. The lowest BCUT2D eigenvalue weighted by Gasteiger charge is -2.24. The fourth-order valence-electron chi connectivity index (χ4n) is 3.20. The molecule has 26 heteroatoms. The number of nitrogen functional groups attached to an aromatic ring is 1. The lowest BCUT2D eigenvalue weighted by atomic mass is 10.1. The molecule has 6 atom stereocenters. The second-order valence-corrected chi connectivity index (χ2v) is 12.6. The minimum Gasteiger partial charge on any atom is -0.374 e. The molecule has 0 spiro atoms. The van der Waals surface area contributed by atoms with E-state index in [-0.39, 0.29) is 17.1 Å². The van der Waals surface area contributed by atoms with E-state index in [0.717, 1.165) is 18.0 Å². The highest BCUT2D eigenvalue weighted by atomic mass is 31.3. The van der Waals surface area contributed by atoms with Crippen molar-refractivity contribution in [3.8, 4) is 0 Å². The summed E-state index contributed by atoms with van der Waals surface area (Å²) in [5, 5.41) is 0. The van der Waals surface area contributed by atoms with E-state index < -0.39 is 68.0 Å². The molecule has 0 amide bonds. The van der Waals surface area contributed by atoms with Crippen LogP contribution in [0.2, 0.25) is 0 Å². The molecule has 2 aromatic rings. The quantitative estimate of drug-likeness (QED) is 0.132. The summed E-state index contributed by atoms with van der Waals surface area (Å²) in [5.74, 6) is -0.321. The Morgan fingerprint density at radius 1 is 1.05 bits per heavy atom. The van der Waals surface area contributed by atoms with Crippen LogP contribution in [0.15, 0.2) is 11.1 Å². The number of imidazole rings is 1. The van der Waals surface area contributed by atoms with Gasteiger partial charge in [-0.3, -0.25) is 23.4 Å². The normalized spacial score (nSPS) is 26.2. The molecule has 1 aliphatic heterocycles. The number of aromatic nitrogens is 4. The zero-order valence-electron chi connectivity index (χ0n) is 18.0. The molecule has 1 fully saturated rings. The number of phosphoric acid groups is 4. The minimum absolute atomic E-state index is 0.156. The molecule has 0 radical (unpaired) electrons. The first-order chi connectivity index (χ1) is 16.8. The molecule has 2 unspecified atom stereocenters. The number of nitrogens with two attached hydrogens (primary N) is 1. The second-order valence-electron chi connectivity index (χ2n) is 6.99. The maximum atomic E-state index is 12.1. The Balaban J connectivity index is 1.89. The van der Waals surface area contributed by atoms with Gasteiger partial charge in [-0.1, -0.05) is 0 Å². The van der Waals surface area contributed by atoms with Gasteiger partial charge in [0.2, 0.25) is 5.95 Å². The number of anilines is 1. The van der Waals surface area contributed by atoms with Gasteiger partial charge >= 0.3 is 31.3 Å². The number of rotatable bonds is 11. The van der Waals surface area contributed by atoms with Crippen LogP contribution in [-0.2, 0) is 45.4 Å². The van der Waals surface area contributed by atoms with Gasteiger partial charge in [0.1, 0.15) is 18.3 Å². The molecule has 22 nitrogen and oxygen atoms in total. The number of H-pyrrole nitrogens is 1. The molecule has 3 heterocycles. The molecule has 1 saturated heterocycles. The first kappa shape index (κ1) is 30.1. The number of hydrogen-bond acceptors (Lipinski definition) is 14. The van der Waals surface area contributed by atoms with Gasteiger partial charge in [-0.25, -0.2) is 23.2 Å². The molecule has 0 bridgehead atoms. The number of hydrogen-bond donors (Lipinski definition) is 8. The Labute approximate surface area is 204 Å². The molecular formula is C11H19N5O17P4. The van der Waals surface area contributed by atoms with Gasteiger partial charge < -0.3 is 44.6 Å². The van der Waals surface area contributed by atoms with Crippen LogP contribution in [0.25, 0.3) is 11.2 Å². The number of nitrogens with one attached hydrogen (secondary N) is 1. The first-order valence-corrected chi connectivity index (χ1v) is 15.3. The summed E-state index contributed by atoms with van der Waals surface area (Å²) in [4.78, 5) is 76.7. The topological polar surface area (TPSA) is 335 Å². The predicted molar refractivity (Wildman–Crippen MR) is 114 cm³/mol. The first-order valence-electron chi connectivity index (χ1n) is 9.24. The van der Waals surface area contributed by atoms with E-state index in [0.29, 0.717) is 0 Å². The number of fused-ring (bicyclic) bond motifs is 1. The lowest BCUT2D eigenvalue weighted by molar-refractivity contribution is -0.0577. The lowest BCUT2D eigenvalue weighted by Crippen LogP contribution is -2.37. The Morgan fingerprint density at radius 2 is 1.70 bits per heavy atom. The molecule has 3 rings (SSSR count). The second kappa shape index (κ2) is 10.6. The van der Waals surface area contributed by atoms with Crippen molar-refractivity contribution in [1.82, 2.24) is 19.5 Å². The monoisotopic (exact) mass is 617 g/mol. The summed E-state index contributed by atoms with van der Waals surface area (Å²) < 4.78 is 74.1. The van der Waals surface area contributed by atoms with Crippen LogP contribution in [0.3, 0.4) is 0 Å². The van der Waals surface area contributed by atoms with Crippen LogP contribution >= 0.6 is 31.3 Å². The SMILES string of the molecule is CO[C@@H]1[C@H](OP(=O)(O)O)[C@@H](COP(=O)(O)OP(=O)(O)OP(=O)(O)O)O[C@H]1n1cnc2c(=O)[nH]c(N)nc21. The van der Waals surface area contributed by atoms with Gasteiger partial charge in [0, 0.05) is 7.11 Å². The maximum Gasteiger partial charge on any atom is 0.490 e. The molecular weight excluding hydrogens is 598 g/mol. The van der Waals surface area contributed by atoms with Gasteiger partial charge in [-0.2, -0.15) is 13.6 Å². The van der Waals surface area contributed by atoms with E-state index in [2.05, 4.69) is 32.6 Å². The van der Waals surface area contributed by atoms with Crippen LogP contribution in [0.5, 0.6) is 0 Å². The summed E-state index contributed by atoms with van der Waals surface area (Å²) in [5.41, 5.74) is 4.44. The van der Waals surface area contributed by atoms with Gasteiger partial charge in [0.05, 0.1) is 12.9 Å². The standard InChI is InChI=1S/C11H19N5O17P4/c1-28-7-6(31-34(18,19)20)4(2-29-36(24,25)33-37(26,27)32-35(21,22)23)30-10(7)16-3-13-5-8(16)14-11(12)15-9(5)17/h3-4,6-7,10H,2H2,1H3,(H,24,25)(H,26,27)(H2,18,19,20)(H2,21,22,23)(H3,12,14,15,17)/t4-,6-,7-,10-/m1/s1. The summed E-state index contributed by atoms with van der Waals surface area (Å²) >= 11 is 0. The molecule has 2 aromatic heterocycles. The molecule has 0 aromatic carbocycles. The van der Waals surface area contributed by atoms with Crippen molar-refractivity contribution in [3.63, 3.8) is 0 Å². The van der Waals surface area contributed by atoms with Crippen molar-refractivity contribution >= 4 is 48.4 Å². The van der Waals surface area contributed by atoms with Crippen LogP contribution in [-0.4, -0.2) is 80.9 Å². The highest BCUT2D eigenvalue weighted by Gasteiger charge is 2.51. The van der Waals surface area contributed by atoms with Gasteiger partial charge in [0.25, 0.3) is 5.56 Å². The fraction of sp³-hybridized carbons (Fsp3) is 0.545. The Hall–Kier alpha value is -1.41. The van der Waals surface area contributed by atoms with E-state index in [1.54, 1.807) is 0 Å². The van der Waals surface area contributed by atoms with Crippen molar-refractivity contribution in [1.29, 1.82) is 0 Å². The van der Waals surface area contributed by atoms with Crippen LogP contribution in [0.1, 0.15) is 6.23 Å². The molecule has 9 N–H and O–H groups in total. The number of phosphoric ester groups is 2. The summed E-state index contributed by atoms with van der Waals surface area (Å²) in [6.45, 7) is -1.15. The van der Waals surface area contributed by atoms with Crippen LogP contribution < -0.4 is 11.3 Å². The van der Waals surface area contributed by atoms with E-state index in [1.807, 2.05) is 0 Å². The number of ether oxygens (including phenoxy) is 2. The molecule has 1 aliphatic rings. The zero-order chi connectivity index (χ0) is 28.0. The van der Waals surface area contributed by atoms with Crippen molar-refractivity contribution in [2.45, 2.75) is 24.5 Å². The average Bonchev–Trinajstić information content (AvgIpc) is 3.23. The smallest absolute Gasteiger partial charge is 0.374 e. The Morgan fingerprint density at radius 3 is 2.27 bits per heavy atom. The average molecular weight is 617 g/mol. The Bertz CT molecular complexity index is 1400. The van der Waals surface area contributed by atoms with Gasteiger partial charge in [-0.05, 0) is 0 Å². The molecule has 0 saturated carbocycles. The van der Waals surface area contributed by atoms with Crippen molar-refractivity contribution in [2.24, 2.45) is 0 Å². The zero-order valence-corrected chi connectivity index (χ0v) is 21.6. The van der Waals surface area contributed by atoms with Crippen LogP contribution in [0, 0.1) is 0 Å². The summed E-state index contributed by atoms with van der Waals surface area (Å²) in [6.07, 6.45) is -5.26. The Kier molecular flexibility index (Phi) is 8.66. The highest BCUT2D eigenvalue weighted by molar-refractivity contribution is 7.66. The van der Waals surface area contributed by atoms with Gasteiger partial charge in [-0.15, -0.1) is 0 Å². The third-order valence-corrected chi connectivity index (χ3v) is 8.68. The number of nitrogens with zero attached hydrogens (tertiary/aromatic N) is 3. The molecule has 210 valence electrons. The number of aromatic amines is 1. The van der Waals surface area contributed by atoms with Crippen molar-refractivity contribution in [3.05, 3.63) is 16.7 Å². The van der Waals surface area contributed by atoms with Crippen molar-refractivity contribution < 1.29 is 74.8 Å². The number of methoxy groups -OCH3 is 1. The highest BCUT2D eigenvalue weighted by Crippen LogP contribution is 2.66. The van der Waals surface area contributed by atoms with Crippen LogP contribution in [0.4, 0.5) is 5.95 Å². The molecule has 0 aliphatic carbocycles. The predicted octanol–water partition coefficient (Wildman–Crippen LogP) is -1.56. The third kappa shape index (κ3) is 7.81. The van der Waals surface area contributed by atoms with E-state index in [4.69, 9.17) is 25.0 Å². The third-order valence-electron chi connectivity index (χ3n) is 4.36. The summed E-state index contributed by atoms with van der Waals surface area (Å²) in [6, 6.07) is 0. The minimum atomic E-state index is -5.84. The van der Waals surface area contributed by atoms with E-state index in [1.165, 1.54) is 0 Å². The fourth-order valence-corrected chi connectivity index (χ4v) is 6.81. The van der Waals surface area contributed by atoms with Gasteiger partial charge in [0.15, 0.2) is 17.4 Å². The summed E-state index contributed by atoms with van der Waals surface area (Å²) in [7, 11) is -21.3. The largest absolute Gasteiger partial charge is 0.490 e. The van der Waals surface area contributed by atoms with E-state index in [9.17, 15) is 42.6 Å². The van der Waals surface area contributed by atoms with Crippen molar-refractivity contribution in [2.75, 3.05) is 19.5 Å². The maximum absolute atomic E-state index is 12.1.